The molecule has 0 bridgehead atoms. The van der Waals surface area contributed by atoms with Crippen molar-refractivity contribution < 1.29 is 4.74 Å². The van der Waals surface area contributed by atoms with Crippen molar-refractivity contribution >= 4 is 17.3 Å². The first-order chi connectivity index (χ1) is 8.08. The van der Waals surface area contributed by atoms with Crippen molar-refractivity contribution in [3.8, 4) is 5.75 Å². The zero-order chi connectivity index (χ0) is 12.4. The Bertz CT molecular complexity index is 473. The molecular formula is C12H15N3OS. The molecule has 1 aromatic rings. The van der Waals surface area contributed by atoms with Crippen LogP contribution in [0.25, 0.3) is 0 Å². The van der Waals surface area contributed by atoms with Gasteiger partial charge in [0.05, 0.1) is 0 Å². The van der Waals surface area contributed by atoms with Gasteiger partial charge >= 0.3 is 0 Å². The summed E-state index contributed by atoms with van der Waals surface area (Å²) in [6, 6.07) is 6.04. The Labute approximate surface area is 106 Å². The number of nitrogens with zero attached hydrogens (tertiary/aromatic N) is 3. The maximum Gasteiger partial charge on any atom is 0.217 e. The Morgan fingerprint density at radius 3 is 2.71 bits per heavy atom. The molecule has 0 saturated carbocycles. The Morgan fingerprint density at radius 1 is 1.35 bits per heavy atom. The van der Waals surface area contributed by atoms with Gasteiger partial charge in [0.15, 0.2) is 6.17 Å². The molecule has 0 spiro atoms. The van der Waals surface area contributed by atoms with Crippen molar-refractivity contribution in [2.75, 3.05) is 13.7 Å². The average Bonchev–Trinajstić information content (AvgIpc) is 2.62. The van der Waals surface area contributed by atoms with E-state index in [2.05, 4.69) is 30.1 Å². The number of azo groups is 1. The highest BCUT2D eigenvalue weighted by Crippen LogP contribution is 2.18. The number of rotatable bonds is 3. The minimum atomic E-state index is -0.107. The Balaban J connectivity index is 1.96. The van der Waals surface area contributed by atoms with Gasteiger partial charge in [-0.25, -0.2) is 0 Å². The molecule has 4 nitrogen and oxygen atoms in total. The van der Waals surface area contributed by atoms with Crippen molar-refractivity contribution in [1.82, 2.24) is 4.90 Å². The number of likely N-dealkylation sites (N-methyl/N-ethyl adjacent to an activating group) is 1. The van der Waals surface area contributed by atoms with Crippen LogP contribution in [0.1, 0.15) is 11.1 Å². The number of hydrogen-bond acceptors (Lipinski definition) is 3. The topological polar surface area (TPSA) is 37.2 Å². The molecule has 0 aromatic heterocycles. The SMILES string of the molecule is Cc1ccc(OCC2N=NC(=S)N2C)cc1C. The van der Waals surface area contributed by atoms with Gasteiger partial charge in [-0.2, -0.15) is 5.11 Å². The van der Waals surface area contributed by atoms with Gasteiger partial charge in [0.1, 0.15) is 12.4 Å². The summed E-state index contributed by atoms with van der Waals surface area (Å²) in [6.45, 7) is 4.61. The molecular weight excluding hydrogens is 234 g/mol. The molecule has 0 saturated heterocycles. The average molecular weight is 249 g/mol. The van der Waals surface area contributed by atoms with Gasteiger partial charge in [0, 0.05) is 7.05 Å². The molecule has 1 unspecified atom stereocenters. The lowest BCUT2D eigenvalue weighted by Crippen LogP contribution is -2.33. The predicted octanol–water partition coefficient (Wildman–Crippen LogP) is 2.69. The van der Waals surface area contributed by atoms with Crippen molar-refractivity contribution in [1.29, 1.82) is 0 Å². The highest BCUT2D eigenvalue weighted by Gasteiger charge is 2.22. The van der Waals surface area contributed by atoms with E-state index in [1.54, 1.807) is 0 Å². The molecule has 0 aliphatic carbocycles. The molecule has 0 fully saturated rings. The molecule has 1 atom stereocenters. The molecule has 17 heavy (non-hydrogen) atoms. The van der Waals surface area contributed by atoms with Crippen molar-refractivity contribution in [2.45, 2.75) is 20.0 Å². The Morgan fingerprint density at radius 2 is 2.12 bits per heavy atom. The minimum Gasteiger partial charge on any atom is -0.489 e. The Hall–Kier alpha value is -1.49. The molecule has 1 aliphatic heterocycles. The second-order valence-electron chi connectivity index (χ2n) is 4.15. The zero-order valence-electron chi connectivity index (χ0n) is 10.2. The molecule has 5 heteroatoms. The van der Waals surface area contributed by atoms with E-state index in [1.807, 2.05) is 24.1 Å². The summed E-state index contributed by atoms with van der Waals surface area (Å²) >= 11 is 5.00. The standard InChI is InChI=1S/C12H15N3OS/c1-8-4-5-10(6-9(8)2)16-7-11-13-14-12(17)15(11)3/h4-6,11H,7H2,1-3H3. The second kappa shape index (κ2) is 4.79. The number of ether oxygens (including phenoxy) is 1. The molecule has 1 heterocycles. The third-order valence-electron chi connectivity index (χ3n) is 2.90. The van der Waals surface area contributed by atoms with Crippen LogP contribution in [-0.2, 0) is 0 Å². The fourth-order valence-corrected chi connectivity index (χ4v) is 1.68. The second-order valence-corrected chi connectivity index (χ2v) is 4.51. The zero-order valence-corrected chi connectivity index (χ0v) is 11.0. The summed E-state index contributed by atoms with van der Waals surface area (Å²) in [5, 5.41) is 8.40. The van der Waals surface area contributed by atoms with Gasteiger partial charge in [0.25, 0.3) is 0 Å². The van der Waals surface area contributed by atoms with Gasteiger partial charge in [0.2, 0.25) is 5.11 Å². The maximum absolute atomic E-state index is 5.69. The molecule has 0 N–H and O–H groups in total. The summed E-state index contributed by atoms with van der Waals surface area (Å²) in [5.41, 5.74) is 2.48. The van der Waals surface area contributed by atoms with Gasteiger partial charge in [-0.05, 0) is 49.3 Å². The van der Waals surface area contributed by atoms with Gasteiger partial charge in [-0.3, -0.25) is 0 Å². The highest BCUT2D eigenvalue weighted by atomic mass is 32.1. The van der Waals surface area contributed by atoms with Crippen LogP contribution in [0.5, 0.6) is 5.75 Å². The van der Waals surface area contributed by atoms with E-state index in [0.717, 1.165) is 5.75 Å². The van der Waals surface area contributed by atoms with E-state index < -0.39 is 0 Å². The van der Waals surface area contributed by atoms with Crippen LogP contribution in [0.15, 0.2) is 28.4 Å². The lowest BCUT2D eigenvalue weighted by molar-refractivity contribution is 0.229. The molecule has 90 valence electrons. The van der Waals surface area contributed by atoms with Gasteiger partial charge < -0.3 is 9.64 Å². The fourth-order valence-electron chi connectivity index (χ4n) is 1.51. The summed E-state index contributed by atoms with van der Waals surface area (Å²) in [4.78, 5) is 1.83. The first-order valence-electron chi connectivity index (χ1n) is 5.45. The summed E-state index contributed by atoms with van der Waals surface area (Å²) in [5.74, 6) is 0.856. The van der Waals surface area contributed by atoms with Gasteiger partial charge in [-0.15, -0.1) is 5.11 Å². The van der Waals surface area contributed by atoms with Crippen LogP contribution < -0.4 is 4.74 Å². The van der Waals surface area contributed by atoms with Crippen LogP contribution in [0.2, 0.25) is 0 Å². The number of aryl methyl sites for hydroxylation is 2. The van der Waals surface area contributed by atoms with E-state index >= 15 is 0 Å². The van der Waals surface area contributed by atoms with Crippen molar-refractivity contribution in [3.05, 3.63) is 29.3 Å². The monoisotopic (exact) mass is 249 g/mol. The van der Waals surface area contributed by atoms with Crippen LogP contribution >= 0.6 is 12.2 Å². The first kappa shape index (κ1) is 12.0. The molecule has 0 amide bonds. The van der Waals surface area contributed by atoms with E-state index in [9.17, 15) is 0 Å². The third-order valence-corrected chi connectivity index (χ3v) is 3.27. The molecule has 1 aliphatic rings. The molecule has 1 aromatic carbocycles. The van der Waals surface area contributed by atoms with Crippen molar-refractivity contribution in [2.24, 2.45) is 10.2 Å². The summed E-state index contributed by atoms with van der Waals surface area (Å²) in [6.07, 6.45) is -0.107. The molecule has 2 rings (SSSR count). The van der Waals surface area contributed by atoms with Crippen LogP contribution in [0.3, 0.4) is 0 Å². The maximum atomic E-state index is 5.69. The highest BCUT2D eigenvalue weighted by molar-refractivity contribution is 7.80. The number of benzene rings is 1. The Kier molecular flexibility index (Phi) is 3.38. The van der Waals surface area contributed by atoms with Crippen LogP contribution in [0, 0.1) is 13.8 Å². The lowest BCUT2D eigenvalue weighted by atomic mass is 10.1. The summed E-state index contributed by atoms with van der Waals surface area (Å²) < 4.78 is 5.69. The smallest absolute Gasteiger partial charge is 0.217 e. The summed E-state index contributed by atoms with van der Waals surface area (Å²) in [7, 11) is 1.87. The van der Waals surface area contributed by atoms with Crippen LogP contribution in [-0.4, -0.2) is 29.8 Å². The predicted molar refractivity (Wildman–Crippen MR) is 70.4 cm³/mol. The largest absolute Gasteiger partial charge is 0.489 e. The molecule has 0 radical (unpaired) electrons. The first-order valence-corrected chi connectivity index (χ1v) is 5.86. The lowest BCUT2D eigenvalue weighted by Gasteiger charge is -2.18. The van der Waals surface area contributed by atoms with Crippen molar-refractivity contribution in [3.63, 3.8) is 0 Å². The van der Waals surface area contributed by atoms with E-state index in [-0.39, 0.29) is 6.17 Å². The van der Waals surface area contributed by atoms with E-state index in [0.29, 0.717) is 11.7 Å². The minimum absolute atomic E-state index is 0.107. The number of hydrogen-bond donors (Lipinski definition) is 0. The fraction of sp³-hybridized carbons (Fsp3) is 0.417. The van der Waals surface area contributed by atoms with E-state index in [4.69, 9.17) is 17.0 Å². The number of thiocarbonyl (C=S) groups is 1. The third kappa shape index (κ3) is 2.61. The van der Waals surface area contributed by atoms with Gasteiger partial charge in [-0.1, -0.05) is 6.07 Å². The van der Waals surface area contributed by atoms with Crippen LogP contribution in [0.4, 0.5) is 0 Å². The normalized spacial score (nSPS) is 18.9. The quantitative estimate of drug-likeness (QED) is 0.773. The van der Waals surface area contributed by atoms with E-state index in [1.165, 1.54) is 11.1 Å².